The van der Waals surface area contributed by atoms with Crippen LogP contribution in [0.25, 0.3) is 10.9 Å². The van der Waals surface area contributed by atoms with Crippen molar-refractivity contribution in [1.29, 1.82) is 0 Å². The SMILES string of the molecule is CN1C(=O)SC(Cc2ccc(OCc3nc4ccccc4c(=O)n3C)cc2)C1=O. The Morgan fingerprint density at radius 2 is 1.76 bits per heavy atom. The number of nitrogens with zero attached hydrogens (tertiary/aromatic N) is 3. The van der Waals surface area contributed by atoms with Gasteiger partial charge in [-0.3, -0.25) is 23.9 Å². The van der Waals surface area contributed by atoms with E-state index in [0.717, 1.165) is 22.2 Å². The fraction of sp³-hybridized carbons (Fsp3) is 0.238. The molecular formula is C21H19N3O4S. The van der Waals surface area contributed by atoms with Crippen LogP contribution in [0.15, 0.2) is 53.3 Å². The maximum absolute atomic E-state index is 12.5. The first-order valence-electron chi connectivity index (χ1n) is 9.08. The molecule has 8 heteroatoms. The lowest BCUT2D eigenvalue weighted by Crippen LogP contribution is -2.28. The molecule has 2 heterocycles. The zero-order chi connectivity index (χ0) is 20.5. The van der Waals surface area contributed by atoms with Gasteiger partial charge in [-0.25, -0.2) is 4.98 Å². The molecule has 1 aromatic heterocycles. The third kappa shape index (κ3) is 3.75. The van der Waals surface area contributed by atoms with E-state index in [1.165, 1.54) is 11.6 Å². The van der Waals surface area contributed by atoms with Gasteiger partial charge < -0.3 is 4.74 Å². The van der Waals surface area contributed by atoms with Crippen molar-refractivity contribution in [1.82, 2.24) is 14.5 Å². The Morgan fingerprint density at radius 3 is 2.45 bits per heavy atom. The highest BCUT2D eigenvalue weighted by Crippen LogP contribution is 2.28. The normalized spacial score (nSPS) is 16.6. The molecule has 1 saturated heterocycles. The van der Waals surface area contributed by atoms with E-state index in [2.05, 4.69) is 4.98 Å². The van der Waals surface area contributed by atoms with Crippen LogP contribution in [-0.2, 0) is 24.9 Å². The summed E-state index contributed by atoms with van der Waals surface area (Å²) in [5.41, 5.74) is 1.48. The van der Waals surface area contributed by atoms with E-state index in [0.29, 0.717) is 28.9 Å². The highest BCUT2D eigenvalue weighted by Gasteiger charge is 2.36. The molecule has 1 fully saturated rings. The number of hydrogen-bond acceptors (Lipinski definition) is 6. The fourth-order valence-electron chi connectivity index (χ4n) is 3.16. The highest BCUT2D eigenvalue weighted by molar-refractivity contribution is 8.15. The van der Waals surface area contributed by atoms with Gasteiger partial charge in [0.05, 0.1) is 16.2 Å². The smallest absolute Gasteiger partial charge is 0.288 e. The maximum atomic E-state index is 12.5. The van der Waals surface area contributed by atoms with Crippen LogP contribution in [0.2, 0.25) is 0 Å². The second-order valence-electron chi connectivity index (χ2n) is 6.82. The molecule has 1 atom stereocenters. The molecule has 2 amide bonds. The van der Waals surface area contributed by atoms with Crippen molar-refractivity contribution in [2.75, 3.05) is 7.05 Å². The minimum Gasteiger partial charge on any atom is -0.486 e. The average molecular weight is 409 g/mol. The minimum atomic E-state index is -0.379. The van der Waals surface area contributed by atoms with Crippen LogP contribution < -0.4 is 10.3 Å². The number of ether oxygens (including phenoxy) is 1. The molecule has 0 spiro atoms. The number of thioether (sulfide) groups is 1. The van der Waals surface area contributed by atoms with E-state index in [1.54, 1.807) is 19.2 Å². The van der Waals surface area contributed by atoms with Crippen LogP contribution in [0.3, 0.4) is 0 Å². The van der Waals surface area contributed by atoms with E-state index in [-0.39, 0.29) is 28.6 Å². The van der Waals surface area contributed by atoms with Crippen LogP contribution in [0.1, 0.15) is 11.4 Å². The Hall–Kier alpha value is -3.13. The van der Waals surface area contributed by atoms with Gasteiger partial charge in [-0.1, -0.05) is 36.0 Å². The number of aromatic nitrogens is 2. The third-order valence-corrected chi connectivity index (χ3v) is 6.04. The molecule has 0 saturated carbocycles. The third-order valence-electron chi connectivity index (χ3n) is 4.91. The van der Waals surface area contributed by atoms with Crippen molar-refractivity contribution in [2.24, 2.45) is 7.05 Å². The summed E-state index contributed by atoms with van der Waals surface area (Å²) >= 11 is 1.06. The highest BCUT2D eigenvalue weighted by atomic mass is 32.2. The summed E-state index contributed by atoms with van der Waals surface area (Å²) in [7, 11) is 3.18. The first-order valence-corrected chi connectivity index (χ1v) is 9.96. The van der Waals surface area contributed by atoms with Crippen LogP contribution in [0, 0.1) is 0 Å². The largest absolute Gasteiger partial charge is 0.486 e. The molecule has 0 aliphatic carbocycles. The Kier molecular flexibility index (Phi) is 5.10. The first-order chi connectivity index (χ1) is 13.9. The minimum absolute atomic E-state index is 0.109. The quantitative estimate of drug-likeness (QED) is 0.645. The summed E-state index contributed by atoms with van der Waals surface area (Å²) in [6.45, 7) is 0.159. The van der Waals surface area contributed by atoms with Crippen molar-refractivity contribution in [3.63, 3.8) is 0 Å². The number of benzene rings is 2. The molecular weight excluding hydrogens is 390 g/mol. The number of hydrogen-bond donors (Lipinski definition) is 0. The van der Waals surface area contributed by atoms with E-state index in [1.807, 2.05) is 36.4 Å². The molecule has 1 aliphatic heterocycles. The zero-order valence-corrected chi connectivity index (χ0v) is 16.8. The number of rotatable bonds is 5. The summed E-state index contributed by atoms with van der Waals surface area (Å²) in [6.07, 6.45) is 0.487. The van der Waals surface area contributed by atoms with Gasteiger partial charge in [0.15, 0.2) is 0 Å². The van der Waals surface area contributed by atoms with Crippen molar-refractivity contribution >= 4 is 33.8 Å². The van der Waals surface area contributed by atoms with E-state index >= 15 is 0 Å². The van der Waals surface area contributed by atoms with Crippen molar-refractivity contribution in [3.05, 3.63) is 70.3 Å². The van der Waals surface area contributed by atoms with Gasteiger partial charge in [0.2, 0.25) is 5.91 Å². The van der Waals surface area contributed by atoms with E-state index in [9.17, 15) is 14.4 Å². The Bertz CT molecular complexity index is 1160. The molecule has 1 unspecified atom stereocenters. The summed E-state index contributed by atoms with van der Waals surface area (Å²) in [5.74, 6) is 1.01. The van der Waals surface area contributed by atoms with Gasteiger partial charge in [-0.15, -0.1) is 0 Å². The molecule has 3 aromatic rings. The van der Waals surface area contributed by atoms with Gasteiger partial charge in [-0.2, -0.15) is 0 Å². The Labute approximate surface area is 171 Å². The second-order valence-corrected chi connectivity index (χ2v) is 7.97. The van der Waals surface area contributed by atoms with Gasteiger partial charge >= 0.3 is 0 Å². The van der Waals surface area contributed by atoms with Gasteiger partial charge in [0.1, 0.15) is 18.2 Å². The van der Waals surface area contributed by atoms with Crippen molar-refractivity contribution < 1.29 is 14.3 Å². The molecule has 0 bridgehead atoms. The van der Waals surface area contributed by atoms with Gasteiger partial charge in [0.25, 0.3) is 10.8 Å². The first kappa shape index (κ1) is 19.2. The van der Waals surface area contributed by atoms with Crippen LogP contribution in [-0.4, -0.2) is 37.9 Å². The lowest BCUT2D eigenvalue weighted by Gasteiger charge is -2.11. The molecule has 2 aromatic carbocycles. The van der Waals surface area contributed by atoms with Crippen molar-refractivity contribution in [3.8, 4) is 5.75 Å². The number of fused-ring (bicyclic) bond motifs is 1. The molecule has 7 nitrogen and oxygen atoms in total. The summed E-state index contributed by atoms with van der Waals surface area (Å²) < 4.78 is 7.29. The zero-order valence-electron chi connectivity index (χ0n) is 16.0. The predicted octanol–water partition coefficient (Wildman–Crippen LogP) is 2.75. The number of carbonyl (C=O) groups is 2. The molecule has 0 N–H and O–H groups in total. The standard InChI is InChI=1S/C21H19N3O4S/c1-23-18(22-16-6-4-3-5-15(16)19(23)25)12-28-14-9-7-13(8-10-14)11-17-20(26)24(2)21(27)29-17/h3-10,17H,11-12H2,1-2H3. The summed E-state index contributed by atoms with van der Waals surface area (Å²) in [6, 6.07) is 14.6. The topological polar surface area (TPSA) is 81.5 Å². The van der Waals surface area contributed by atoms with Crippen LogP contribution >= 0.6 is 11.8 Å². The summed E-state index contributed by atoms with van der Waals surface area (Å²) in [4.78, 5) is 41.8. The van der Waals surface area contributed by atoms with E-state index in [4.69, 9.17) is 4.74 Å². The number of amides is 2. The van der Waals surface area contributed by atoms with Crippen LogP contribution in [0.4, 0.5) is 4.79 Å². The fourth-order valence-corrected chi connectivity index (χ4v) is 4.19. The lowest BCUT2D eigenvalue weighted by molar-refractivity contribution is -0.125. The number of para-hydroxylation sites is 1. The average Bonchev–Trinajstić information content (AvgIpc) is 2.97. The number of carbonyl (C=O) groups excluding carboxylic acids is 2. The Morgan fingerprint density at radius 1 is 1.03 bits per heavy atom. The summed E-state index contributed by atoms with van der Waals surface area (Å²) in [5, 5.41) is -0.0180. The Balaban J connectivity index is 1.44. The van der Waals surface area contributed by atoms with E-state index < -0.39 is 0 Å². The van der Waals surface area contributed by atoms with Gasteiger partial charge in [0, 0.05) is 14.1 Å². The van der Waals surface area contributed by atoms with Crippen molar-refractivity contribution in [2.45, 2.75) is 18.3 Å². The lowest BCUT2D eigenvalue weighted by atomic mass is 10.1. The monoisotopic (exact) mass is 409 g/mol. The molecule has 29 heavy (non-hydrogen) atoms. The maximum Gasteiger partial charge on any atom is 0.288 e. The number of imide groups is 1. The molecule has 1 aliphatic rings. The van der Waals surface area contributed by atoms with Crippen LogP contribution in [0.5, 0.6) is 5.75 Å². The molecule has 4 rings (SSSR count). The predicted molar refractivity (Wildman–Crippen MR) is 111 cm³/mol. The van der Waals surface area contributed by atoms with Gasteiger partial charge in [-0.05, 0) is 36.2 Å². The second kappa shape index (κ2) is 7.71. The molecule has 148 valence electrons. The molecule has 0 radical (unpaired) electrons.